The summed E-state index contributed by atoms with van der Waals surface area (Å²) in [5.74, 6) is 0. The summed E-state index contributed by atoms with van der Waals surface area (Å²) in [6.45, 7) is 0. The summed E-state index contributed by atoms with van der Waals surface area (Å²) in [5, 5.41) is 0. The van der Waals surface area contributed by atoms with Gasteiger partial charge in [-0.3, -0.25) is 0 Å². The van der Waals surface area contributed by atoms with Crippen LogP contribution < -0.4 is 0 Å². The van der Waals surface area contributed by atoms with Crippen LogP contribution in [0.3, 0.4) is 0 Å². The van der Waals surface area contributed by atoms with Crippen LogP contribution in [0.2, 0.25) is 0 Å². The zero-order chi connectivity index (χ0) is 8.65. The summed E-state index contributed by atoms with van der Waals surface area (Å²) in [6.07, 6.45) is 6.43. The molecule has 0 bridgehead atoms. The summed E-state index contributed by atoms with van der Waals surface area (Å²) in [7, 11) is 0. The van der Waals surface area contributed by atoms with Crippen molar-refractivity contribution in [2.75, 3.05) is 0 Å². The van der Waals surface area contributed by atoms with Crippen LogP contribution in [0.15, 0.2) is 36.4 Å². The average Bonchev–Trinajstić information content (AvgIpc) is 2.14. The van der Waals surface area contributed by atoms with Gasteiger partial charge in [0.05, 0.1) is 0 Å². The van der Waals surface area contributed by atoms with Crippen LogP contribution in [0.1, 0.15) is 18.4 Å². The Morgan fingerprint density at radius 3 is 2.50 bits per heavy atom. The number of carbonyl (C=O) groups excluding carboxylic acids is 1. The topological polar surface area (TPSA) is 17.1 Å². The molecule has 62 valence electrons. The second kappa shape index (κ2) is 5.30. The van der Waals surface area contributed by atoms with Crippen molar-refractivity contribution < 1.29 is 4.79 Å². The van der Waals surface area contributed by atoms with E-state index in [0.29, 0.717) is 6.42 Å². The van der Waals surface area contributed by atoms with Crippen LogP contribution in [-0.4, -0.2) is 6.29 Å². The molecule has 1 rings (SSSR count). The number of unbranched alkanes of at least 4 members (excludes halogenated alkanes) is 1. The fourth-order valence-electron chi connectivity index (χ4n) is 0.948. The first-order chi connectivity index (χ1) is 5.93. The standard InChI is InChI=1S/C11H12O/c12-10-6-2-5-9-11-7-3-1-4-8-11/h1,3-5,7-10H,2,6H2. The molecule has 0 spiro atoms. The van der Waals surface area contributed by atoms with Gasteiger partial charge >= 0.3 is 0 Å². The van der Waals surface area contributed by atoms with Crippen molar-refractivity contribution in [1.29, 1.82) is 0 Å². The maximum atomic E-state index is 9.98. The van der Waals surface area contributed by atoms with Gasteiger partial charge in [0.1, 0.15) is 6.29 Å². The SMILES string of the molecule is O=CCCC=Cc1ccccc1. The van der Waals surface area contributed by atoms with E-state index in [9.17, 15) is 4.79 Å². The minimum atomic E-state index is 0.614. The van der Waals surface area contributed by atoms with Crippen LogP contribution in [0.25, 0.3) is 6.08 Å². The van der Waals surface area contributed by atoms with Gasteiger partial charge in [0, 0.05) is 6.42 Å². The van der Waals surface area contributed by atoms with E-state index in [-0.39, 0.29) is 0 Å². The van der Waals surface area contributed by atoms with E-state index >= 15 is 0 Å². The lowest BCUT2D eigenvalue weighted by Gasteiger charge is -1.89. The lowest BCUT2D eigenvalue weighted by molar-refractivity contribution is -0.107. The van der Waals surface area contributed by atoms with Crippen molar-refractivity contribution in [2.45, 2.75) is 12.8 Å². The molecule has 0 heterocycles. The minimum Gasteiger partial charge on any atom is -0.303 e. The monoisotopic (exact) mass is 160 g/mol. The molecule has 0 atom stereocenters. The summed E-state index contributed by atoms with van der Waals surface area (Å²) >= 11 is 0. The highest BCUT2D eigenvalue weighted by atomic mass is 16.1. The third-order valence-electron chi connectivity index (χ3n) is 1.56. The van der Waals surface area contributed by atoms with Crippen LogP contribution in [-0.2, 0) is 4.79 Å². The maximum absolute atomic E-state index is 9.98. The summed E-state index contributed by atoms with van der Waals surface area (Å²) in [4.78, 5) is 9.98. The number of carbonyl (C=O) groups is 1. The zero-order valence-electron chi connectivity index (χ0n) is 6.94. The zero-order valence-corrected chi connectivity index (χ0v) is 6.94. The molecule has 1 aromatic rings. The van der Waals surface area contributed by atoms with E-state index < -0.39 is 0 Å². The predicted octanol–water partition coefficient (Wildman–Crippen LogP) is 2.68. The van der Waals surface area contributed by atoms with Gasteiger partial charge in [0.15, 0.2) is 0 Å². The van der Waals surface area contributed by atoms with E-state index in [0.717, 1.165) is 12.7 Å². The van der Waals surface area contributed by atoms with Crippen molar-refractivity contribution in [3.8, 4) is 0 Å². The van der Waals surface area contributed by atoms with Gasteiger partial charge in [-0.25, -0.2) is 0 Å². The minimum absolute atomic E-state index is 0.614. The van der Waals surface area contributed by atoms with E-state index in [2.05, 4.69) is 0 Å². The fraction of sp³-hybridized carbons (Fsp3) is 0.182. The molecule has 0 N–H and O–H groups in total. The molecular formula is C11H12O. The molecule has 0 fully saturated rings. The number of benzene rings is 1. The molecule has 0 aliphatic carbocycles. The number of hydrogen-bond donors (Lipinski definition) is 0. The van der Waals surface area contributed by atoms with Crippen molar-refractivity contribution >= 4 is 12.4 Å². The van der Waals surface area contributed by atoms with Gasteiger partial charge in [-0.1, -0.05) is 42.5 Å². The number of aldehydes is 1. The molecule has 0 amide bonds. The van der Waals surface area contributed by atoms with E-state index in [4.69, 9.17) is 0 Å². The normalized spacial score (nSPS) is 10.3. The highest BCUT2D eigenvalue weighted by Gasteiger charge is 1.81. The number of hydrogen-bond acceptors (Lipinski definition) is 1. The second-order valence-electron chi connectivity index (χ2n) is 2.56. The number of allylic oxidation sites excluding steroid dienone is 1. The quantitative estimate of drug-likeness (QED) is 0.489. The molecule has 0 aliphatic heterocycles. The lowest BCUT2D eigenvalue weighted by atomic mass is 10.2. The average molecular weight is 160 g/mol. The Morgan fingerprint density at radius 2 is 1.83 bits per heavy atom. The molecule has 12 heavy (non-hydrogen) atoms. The van der Waals surface area contributed by atoms with Gasteiger partial charge in [0.2, 0.25) is 0 Å². The molecular weight excluding hydrogens is 148 g/mol. The Bertz CT molecular complexity index is 249. The first-order valence-corrected chi connectivity index (χ1v) is 4.08. The third-order valence-corrected chi connectivity index (χ3v) is 1.56. The number of rotatable bonds is 4. The maximum Gasteiger partial charge on any atom is 0.120 e. The Kier molecular flexibility index (Phi) is 3.86. The van der Waals surface area contributed by atoms with Crippen molar-refractivity contribution in [2.24, 2.45) is 0 Å². The molecule has 0 aliphatic rings. The predicted molar refractivity (Wildman–Crippen MR) is 50.8 cm³/mol. The van der Waals surface area contributed by atoms with E-state index in [1.165, 1.54) is 5.56 Å². The van der Waals surface area contributed by atoms with Gasteiger partial charge < -0.3 is 4.79 Å². The first-order valence-electron chi connectivity index (χ1n) is 4.08. The lowest BCUT2D eigenvalue weighted by Crippen LogP contribution is -1.71. The molecule has 0 aromatic heterocycles. The van der Waals surface area contributed by atoms with E-state index in [1.807, 2.05) is 42.5 Å². The van der Waals surface area contributed by atoms with Gasteiger partial charge in [-0.15, -0.1) is 0 Å². The van der Waals surface area contributed by atoms with Crippen LogP contribution in [0.5, 0.6) is 0 Å². The van der Waals surface area contributed by atoms with Gasteiger partial charge in [-0.2, -0.15) is 0 Å². The third kappa shape index (κ3) is 3.15. The molecule has 1 heteroatoms. The smallest absolute Gasteiger partial charge is 0.120 e. The summed E-state index contributed by atoms with van der Waals surface area (Å²) in [5.41, 5.74) is 1.18. The Balaban J connectivity index is 2.41. The van der Waals surface area contributed by atoms with Gasteiger partial charge in [-0.05, 0) is 12.0 Å². The van der Waals surface area contributed by atoms with Crippen LogP contribution in [0.4, 0.5) is 0 Å². The van der Waals surface area contributed by atoms with Crippen LogP contribution >= 0.6 is 0 Å². The Morgan fingerprint density at radius 1 is 1.08 bits per heavy atom. The largest absolute Gasteiger partial charge is 0.303 e. The van der Waals surface area contributed by atoms with Crippen molar-refractivity contribution in [3.63, 3.8) is 0 Å². The Labute approximate surface area is 72.7 Å². The summed E-state index contributed by atoms with van der Waals surface area (Å²) < 4.78 is 0. The molecule has 0 saturated carbocycles. The first kappa shape index (κ1) is 8.72. The molecule has 0 radical (unpaired) electrons. The van der Waals surface area contributed by atoms with E-state index in [1.54, 1.807) is 0 Å². The van der Waals surface area contributed by atoms with Crippen molar-refractivity contribution in [1.82, 2.24) is 0 Å². The second-order valence-corrected chi connectivity index (χ2v) is 2.56. The van der Waals surface area contributed by atoms with Gasteiger partial charge in [0.25, 0.3) is 0 Å². The van der Waals surface area contributed by atoms with Crippen LogP contribution in [0, 0.1) is 0 Å². The molecule has 1 aromatic carbocycles. The molecule has 0 saturated heterocycles. The summed E-state index contributed by atoms with van der Waals surface area (Å²) in [6, 6.07) is 10.1. The fourth-order valence-corrected chi connectivity index (χ4v) is 0.948. The highest BCUT2D eigenvalue weighted by molar-refractivity contribution is 5.52. The molecule has 0 unspecified atom stereocenters. The molecule has 1 nitrogen and oxygen atoms in total. The van der Waals surface area contributed by atoms with Crippen molar-refractivity contribution in [3.05, 3.63) is 42.0 Å². The highest BCUT2D eigenvalue weighted by Crippen LogP contribution is 2.01. The Hall–Kier alpha value is -1.37.